The molecule has 0 saturated carbocycles. The fourth-order valence-corrected chi connectivity index (χ4v) is 2.99. The van der Waals surface area contributed by atoms with Crippen LogP contribution in [0, 0.1) is 6.92 Å². The minimum absolute atomic E-state index is 0.0118. The third-order valence-electron chi connectivity index (χ3n) is 4.57. The number of H-pyrrole nitrogens is 1. The second-order valence-corrected chi connectivity index (χ2v) is 6.42. The molecule has 6 heteroatoms. The second kappa shape index (κ2) is 6.57. The van der Waals surface area contributed by atoms with Crippen molar-refractivity contribution in [2.75, 3.05) is 13.1 Å². The van der Waals surface area contributed by atoms with E-state index in [9.17, 15) is 9.90 Å². The van der Waals surface area contributed by atoms with Gasteiger partial charge in [0.2, 0.25) is 5.91 Å². The average molecular weight is 326 g/mol. The highest BCUT2D eigenvalue weighted by Crippen LogP contribution is 2.31. The van der Waals surface area contributed by atoms with Crippen LogP contribution in [0.15, 0.2) is 36.0 Å². The van der Waals surface area contributed by atoms with E-state index in [2.05, 4.69) is 15.4 Å². The van der Waals surface area contributed by atoms with E-state index in [-0.39, 0.29) is 5.91 Å². The van der Waals surface area contributed by atoms with Crippen LogP contribution in [-0.2, 0) is 10.4 Å². The van der Waals surface area contributed by atoms with E-state index in [1.165, 1.54) is 5.56 Å². The predicted octanol–water partition coefficient (Wildman–Crippen LogP) is 2.03. The van der Waals surface area contributed by atoms with Gasteiger partial charge in [0, 0.05) is 18.7 Å². The molecule has 0 atom stereocenters. The van der Waals surface area contributed by atoms with Crippen molar-refractivity contribution in [3.63, 3.8) is 0 Å². The first-order valence-corrected chi connectivity index (χ1v) is 8.11. The Balaban J connectivity index is 1.65. The molecule has 0 spiro atoms. The number of hydrogen-bond acceptors (Lipinski definition) is 4. The van der Waals surface area contributed by atoms with Crippen molar-refractivity contribution in [2.45, 2.75) is 32.3 Å². The smallest absolute Gasteiger partial charge is 0.249 e. The van der Waals surface area contributed by atoms with Gasteiger partial charge in [0.15, 0.2) is 0 Å². The summed E-state index contributed by atoms with van der Waals surface area (Å²) in [4.78, 5) is 14.4. The fraction of sp³-hybridized carbons (Fsp3) is 0.389. The van der Waals surface area contributed by atoms with Gasteiger partial charge >= 0.3 is 0 Å². The molecule has 3 rings (SSSR count). The fourth-order valence-electron chi connectivity index (χ4n) is 2.99. The minimum Gasteiger partial charge on any atom is -0.383 e. The lowest BCUT2D eigenvalue weighted by atomic mass is 9.88. The van der Waals surface area contributed by atoms with Crippen LogP contribution in [0.1, 0.15) is 36.6 Å². The summed E-state index contributed by atoms with van der Waals surface area (Å²) in [5, 5.41) is 20.9. The first kappa shape index (κ1) is 16.4. The number of rotatable bonds is 3. The monoisotopic (exact) mass is 326 g/mol. The summed E-state index contributed by atoms with van der Waals surface area (Å²) in [6.07, 6.45) is 4.37. The molecular weight excluding hydrogens is 304 g/mol. The topological polar surface area (TPSA) is 82.1 Å². The van der Waals surface area contributed by atoms with Gasteiger partial charge in [0.25, 0.3) is 0 Å². The molecule has 2 aromatic rings. The number of carbonyl (C=O) groups excluding carboxylic acids is 1. The Kier molecular flexibility index (Phi) is 4.49. The quantitative estimate of drug-likeness (QED) is 0.846. The molecule has 0 radical (unpaired) electrons. The molecule has 2 heterocycles. The Morgan fingerprint density at radius 3 is 2.54 bits per heavy atom. The average Bonchev–Trinajstić information content (AvgIpc) is 3.12. The number of piperidine rings is 1. The summed E-state index contributed by atoms with van der Waals surface area (Å²) in [6.45, 7) is 4.87. The number of aliphatic hydroxyl groups is 1. The number of aromatic nitrogens is 3. The van der Waals surface area contributed by atoms with E-state index in [0.29, 0.717) is 37.2 Å². The Labute approximate surface area is 141 Å². The molecule has 0 aliphatic carbocycles. The van der Waals surface area contributed by atoms with Crippen LogP contribution in [0.25, 0.3) is 6.08 Å². The molecule has 0 unspecified atom stereocenters. The minimum atomic E-state index is -1.00. The van der Waals surface area contributed by atoms with Gasteiger partial charge < -0.3 is 10.0 Å². The van der Waals surface area contributed by atoms with Gasteiger partial charge in [-0.1, -0.05) is 29.8 Å². The number of aryl methyl sites for hydroxylation is 1. The highest BCUT2D eigenvalue weighted by atomic mass is 16.3. The zero-order chi connectivity index (χ0) is 17.2. The van der Waals surface area contributed by atoms with Gasteiger partial charge in [-0.25, -0.2) is 0 Å². The molecule has 1 aromatic carbocycles. The van der Waals surface area contributed by atoms with E-state index in [0.717, 1.165) is 5.56 Å². The number of amides is 1. The Hall–Kier alpha value is -2.47. The maximum atomic E-state index is 12.6. The summed E-state index contributed by atoms with van der Waals surface area (Å²) < 4.78 is 0. The maximum absolute atomic E-state index is 12.6. The molecular formula is C18H22N4O2. The third kappa shape index (κ3) is 3.38. The van der Waals surface area contributed by atoms with Crippen LogP contribution >= 0.6 is 0 Å². The molecule has 1 fully saturated rings. The van der Waals surface area contributed by atoms with E-state index in [1.807, 2.05) is 44.2 Å². The summed E-state index contributed by atoms with van der Waals surface area (Å²) >= 11 is 0. The van der Waals surface area contributed by atoms with Crippen molar-refractivity contribution < 1.29 is 9.90 Å². The number of nitrogens with zero attached hydrogens (tertiary/aromatic N) is 3. The van der Waals surface area contributed by atoms with E-state index >= 15 is 0 Å². The summed E-state index contributed by atoms with van der Waals surface area (Å²) in [7, 11) is 0. The Morgan fingerprint density at radius 1 is 1.29 bits per heavy atom. The van der Waals surface area contributed by atoms with E-state index in [1.54, 1.807) is 11.1 Å². The van der Waals surface area contributed by atoms with Gasteiger partial charge in [0.1, 0.15) is 11.3 Å². The van der Waals surface area contributed by atoms with E-state index in [4.69, 9.17) is 0 Å². The lowest BCUT2D eigenvalue weighted by molar-refractivity contribution is -0.131. The van der Waals surface area contributed by atoms with Crippen molar-refractivity contribution in [2.24, 2.45) is 0 Å². The molecule has 1 aliphatic rings. The van der Waals surface area contributed by atoms with Crippen LogP contribution in [0.5, 0.6) is 0 Å². The standard InChI is InChI=1S/C18H22N4O2/c1-13-3-5-15(6-4-13)11-14(2)17(23)22-9-7-18(24,8-10-22)16-12-19-21-20-16/h3-6,11-12,24H,7-10H2,1-2H3,(H,19,20,21). The molecule has 1 aromatic heterocycles. The Morgan fingerprint density at radius 2 is 1.96 bits per heavy atom. The van der Waals surface area contributed by atoms with Gasteiger partial charge in [0.05, 0.1) is 6.20 Å². The lowest BCUT2D eigenvalue weighted by Crippen LogP contribution is -2.45. The number of hydrogen-bond donors (Lipinski definition) is 2. The molecule has 6 nitrogen and oxygen atoms in total. The molecule has 126 valence electrons. The normalized spacial score (nSPS) is 17.8. The van der Waals surface area contributed by atoms with Crippen molar-refractivity contribution >= 4 is 12.0 Å². The van der Waals surface area contributed by atoms with Crippen LogP contribution in [0.3, 0.4) is 0 Å². The van der Waals surface area contributed by atoms with Gasteiger partial charge in [-0.2, -0.15) is 15.4 Å². The van der Waals surface area contributed by atoms with Gasteiger partial charge in [-0.05, 0) is 38.3 Å². The van der Waals surface area contributed by atoms with Crippen molar-refractivity contribution in [1.82, 2.24) is 20.3 Å². The zero-order valence-corrected chi connectivity index (χ0v) is 14.0. The van der Waals surface area contributed by atoms with Crippen LogP contribution in [0.2, 0.25) is 0 Å². The highest BCUT2D eigenvalue weighted by Gasteiger charge is 2.37. The number of carbonyl (C=O) groups is 1. The predicted molar refractivity (Wildman–Crippen MR) is 90.9 cm³/mol. The van der Waals surface area contributed by atoms with Crippen molar-refractivity contribution in [3.8, 4) is 0 Å². The third-order valence-corrected chi connectivity index (χ3v) is 4.57. The molecule has 2 N–H and O–H groups in total. The summed E-state index contributed by atoms with van der Waals surface area (Å²) in [5.41, 5.74) is 2.45. The first-order valence-electron chi connectivity index (χ1n) is 8.11. The second-order valence-electron chi connectivity index (χ2n) is 6.42. The van der Waals surface area contributed by atoms with Crippen molar-refractivity contribution in [3.05, 3.63) is 52.9 Å². The van der Waals surface area contributed by atoms with E-state index < -0.39 is 5.60 Å². The molecule has 0 bridgehead atoms. The maximum Gasteiger partial charge on any atom is 0.249 e. The lowest BCUT2D eigenvalue weighted by Gasteiger charge is -2.37. The number of benzene rings is 1. The molecule has 1 aliphatic heterocycles. The number of aromatic amines is 1. The summed E-state index contributed by atoms with van der Waals surface area (Å²) in [6, 6.07) is 8.07. The van der Waals surface area contributed by atoms with Crippen LogP contribution in [-0.4, -0.2) is 44.4 Å². The SMILES string of the molecule is CC(=Cc1ccc(C)cc1)C(=O)N1CCC(O)(c2cn[nH]n2)CC1. The van der Waals surface area contributed by atoms with Gasteiger partial charge in [-0.3, -0.25) is 4.79 Å². The number of nitrogens with one attached hydrogen (secondary N) is 1. The summed E-state index contributed by atoms with van der Waals surface area (Å²) in [5.74, 6) is 0.0118. The Bertz CT molecular complexity index is 727. The van der Waals surface area contributed by atoms with Crippen molar-refractivity contribution in [1.29, 1.82) is 0 Å². The molecule has 1 amide bonds. The molecule has 1 saturated heterocycles. The van der Waals surface area contributed by atoms with Crippen LogP contribution < -0.4 is 0 Å². The molecule has 24 heavy (non-hydrogen) atoms. The van der Waals surface area contributed by atoms with Crippen LogP contribution in [0.4, 0.5) is 0 Å². The highest BCUT2D eigenvalue weighted by molar-refractivity contribution is 5.97. The van der Waals surface area contributed by atoms with Gasteiger partial charge in [-0.15, -0.1) is 0 Å². The zero-order valence-electron chi connectivity index (χ0n) is 14.0. The largest absolute Gasteiger partial charge is 0.383 e. The number of likely N-dealkylation sites (tertiary alicyclic amines) is 1. The first-order chi connectivity index (χ1) is 11.5.